The van der Waals surface area contributed by atoms with E-state index in [9.17, 15) is 13.7 Å². The summed E-state index contributed by atoms with van der Waals surface area (Å²) >= 11 is 11.8. The molecule has 0 radical (unpaired) electrons. The zero-order valence-electron chi connectivity index (χ0n) is 22.4. The fourth-order valence-corrected chi connectivity index (χ4v) is 6.36. The zero-order chi connectivity index (χ0) is 29.6. The molecule has 13 heteroatoms. The molecule has 0 fully saturated rings. The summed E-state index contributed by atoms with van der Waals surface area (Å²) in [6, 6.07) is 13.5. The standard InChI is InChI=1S/C28H27Cl2IN5O4S/c1-28(2,21-12-19(15-32)27(24(30)13-21)39-11-9-29)20-4-6-23(7-5-20)40-17-22-8-10-31-14-26(34-22)36-16-25(33-18-36)35-41(3,37)38/h4-8,10,12-14,16,18,35H,9,11,17H2,1-3H3/q-1. The number of alkyl halides is 1. The molecule has 216 valence electrons. The first-order valence-electron chi connectivity index (χ1n) is 12.2. The van der Waals surface area contributed by atoms with E-state index in [0.717, 1.165) is 23.1 Å². The van der Waals surface area contributed by atoms with Crippen molar-refractivity contribution < 1.29 is 39.1 Å². The third-order valence-corrected chi connectivity index (χ3v) is 8.76. The Kier molecular flexibility index (Phi) is 10.0. The summed E-state index contributed by atoms with van der Waals surface area (Å²) in [5.74, 6) is 2.19. The third kappa shape index (κ3) is 8.03. The van der Waals surface area contributed by atoms with Crippen molar-refractivity contribution in [1.29, 1.82) is 5.26 Å². The topological polar surface area (TPSA) is 119 Å². The van der Waals surface area contributed by atoms with E-state index in [1.165, 1.54) is 6.33 Å². The summed E-state index contributed by atoms with van der Waals surface area (Å²) in [6.45, 7) is 4.62. The SMILES string of the molecule is CC(C)(c1ccc(OCC2=NC(n3cnc(NS(C)(=O)=O)c3)=C[I-]C=C2)cc1)c1cc(Cl)c(OCCCl)c(C#N)c1. The molecule has 2 heterocycles. The van der Waals surface area contributed by atoms with E-state index < -0.39 is 15.4 Å². The minimum atomic E-state index is -3.42. The van der Waals surface area contributed by atoms with E-state index in [0.29, 0.717) is 33.8 Å². The van der Waals surface area contributed by atoms with Gasteiger partial charge in [-0.25, -0.2) is 0 Å². The van der Waals surface area contributed by atoms with Crippen LogP contribution in [0.3, 0.4) is 0 Å². The second kappa shape index (κ2) is 13.3. The number of sulfonamides is 1. The number of rotatable bonds is 11. The number of nitrogens with zero attached hydrogens (tertiary/aromatic N) is 4. The van der Waals surface area contributed by atoms with Gasteiger partial charge >= 0.3 is 193 Å². The molecule has 9 nitrogen and oxygen atoms in total. The summed E-state index contributed by atoms with van der Waals surface area (Å²) in [7, 11) is -3.42. The minimum absolute atomic E-state index is 0.224. The Balaban J connectivity index is 1.46. The van der Waals surface area contributed by atoms with Crippen LogP contribution in [0.25, 0.3) is 5.82 Å². The van der Waals surface area contributed by atoms with E-state index >= 15 is 0 Å². The second-order valence-electron chi connectivity index (χ2n) is 9.45. The maximum atomic E-state index is 11.5. The van der Waals surface area contributed by atoms with Gasteiger partial charge in [0.2, 0.25) is 0 Å². The van der Waals surface area contributed by atoms with Crippen molar-refractivity contribution in [3.63, 3.8) is 0 Å². The molecule has 1 aromatic heterocycles. The predicted molar refractivity (Wildman–Crippen MR) is 158 cm³/mol. The molecule has 0 bridgehead atoms. The molecule has 0 unspecified atom stereocenters. The predicted octanol–water partition coefficient (Wildman–Crippen LogP) is 2.62. The Hall–Kier alpha value is -3.05. The molecule has 0 spiro atoms. The number of aliphatic imine (C=N–C) groups is 1. The number of nitriles is 1. The quantitative estimate of drug-likeness (QED) is 0.240. The van der Waals surface area contributed by atoms with Gasteiger partial charge in [-0.1, -0.05) is 11.6 Å². The smallest absolute Gasteiger partial charge is 0.489 e. The molecule has 2 aromatic carbocycles. The van der Waals surface area contributed by atoms with Crippen LogP contribution in [0.2, 0.25) is 5.02 Å². The van der Waals surface area contributed by atoms with Crippen molar-refractivity contribution in [3.8, 4) is 17.6 Å². The Morgan fingerprint density at radius 3 is 2.61 bits per heavy atom. The molecular weight excluding hydrogens is 700 g/mol. The average Bonchev–Trinajstić information content (AvgIpc) is 3.25. The van der Waals surface area contributed by atoms with Crippen LogP contribution < -0.4 is 35.4 Å². The number of benzene rings is 2. The van der Waals surface area contributed by atoms with Gasteiger partial charge in [0.05, 0.1) is 16.5 Å². The average molecular weight is 727 g/mol. The Morgan fingerprint density at radius 2 is 1.93 bits per heavy atom. The van der Waals surface area contributed by atoms with Crippen molar-refractivity contribution in [2.24, 2.45) is 4.99 Å². The third-order valence-electron chi connectivity index (χ3n) is 6.06. The van der Waals surface area contributed by atoms with Crippen LogP contribution in [0.4, 0.5) is 5.82 Å². The Morgan fingerprint density at radius 1 is 1.17 bits per heavy atom. The normalized spacial score (nSPS) is 13.8. The van der Waals surface area contributed by atoms with Crippen LogP contribution in [0, 0.1) is 11.3 Å². The van der Waals surface area contributed by atoms with Crippen LogP contribution in [0.15, 0.2) is 68.2 Å². The van der Waals surface area contributed by atoms with E-state index in [1.54, 1.807) is 16.8 Å². The fraction of sp³-hybridized carbons (Fsp3) is 0.250. The first kappa shape index (κ1) is 30.9. The van der Waals surface area contributed by atoms with Crippen molar-refractivity contribution >= 4 is 50.6 Å². The molecule has 1 N–H and O–H groups in total. The van der Waals surface area contributed by atoms with Crippen LogP contribution in [0.1, 0.15) is 30.5 Å². The van der Waals surface area contributed by atoms with E-state index in [4.69, 9.17) is 37.7 Å². The van der Waals surface area contributed by atoms with Crippen molar-refractivity contribution in [1.82, 2.24) is 9.55 Å². The van der Waals surface area contributed by atoms with Gasteiger partial charge in [0.25, 0.3) is 0 Å². The summed E-state index contributed by atoms with van der Waals surface area (Å²) in [5, 5.41) is 10.0. The number of halogens is 3. The summed E-state index contributed by atoms with van der Waals surface area (Å²) in [6.07, 6.45) is 6.12. The van der Waals surface area contributed by atoms with Crippen molar-refractivity contribution in [2.45, 2.75) is 19.3 Å². The van der Waals surface area contributed by atoms with Gasteiger partial charge in [0.1, 0.15) is 12.7 Å². The second-order valence-corrected chi connectivity index (χ2v) is 14.0. The number of hydrogen-bond donors (Lipinski definition) is 1. The first-order chi connectivity index (χ1) is 19.5. The van der Waals surface area contributed by atoms with Crippen LogP contribution in [-0.2, 0) is 15.4 Å². The monoisotopic (exact) mass is 726 g/mol. The summed E-state index contributed by atoms with van der Waals surface area (Å²) in [4.78, 5) is 8.80. The maximum absolute atomic E-state index is 11.5. The molecule has 0 saturated heterocycles. The number of aromatic nitrogens is 2. The summed E-state index contributed by atoms with van der Waals surface area (Å²) < 4.78 is 42.7. The molecule has 4 rings (SSSR count). The fourth-order valence-electron chi connectivity index (χ4n) is 3.91. The first-order valence-corrected chi connectivity index (χ1v) is 17.5. The number of ether oxygens (including phenoxy) is 2. The van der Waals surface area contributed by atoms with Crippen molar-refractivity contribution in [2.75, 3.05) is 30.1 Å². The molecule has 3 aromatic rings. The number of hydrogen-bond acceptors (Lipinski definition) is 7. The molecular formula is C28H27Cl2IN5O4S-. The van der Waals surface area contributed by atoms with Crippen LogP contribution in [0.5, 0.6) is 11.5 Å². The van der Waals surface area contributed by atoms with Gasteiger partial charge in [-0.2, -0.15) is 5.26 Å². The molecule has 41 heavy (non-hydrogen) atoms. The van der Waals surface area contributed by atoms with E-state index in [-0.39, 0.29) is 40.2 Å². The molecule has 0 atom stereocenters. The van der Waals surface area contributed by atoms with Gasteiger partial charge in [0.15, 0.2) is 5.75 Å². The molecule has 0 aliphatic carbocycles. The number of nitrogens with one attached hydrogen (secondary N) is 1. The van der Waals surface area contributed by atoms with E-state index in [1.807, 2.05) is 40.5 Å². The number of imidazole rings is 1. The van der Waals surface area contributed by atoms with Gasteiger partial charge in [-0.15, -0.1) is 11.6 Å². The van der Waals surface area contributed by atoms with Crippen LogP contribution in [-0.4, -0.2) is 49.0 Å². The Bertz CT molecular complexity index is 1660. The molecule has 0 saturated carbocycles. The number of anilines is 1. The van der Waals surface area contributed by atoms with Gasteiger partial charge in [0, 0.05) is 0 Å². The Labute approximate surface area is 259 Å². The van der Waals surface area contributed by atoms with E-state index in [2.05, 4.69) is 33.7 Å². The summed E-state index contributed by atoms with van der Waals surface area (Å²) in [5.41, 5.74) is 2.52. The molecule has 0 amide bonds. The molecule has 1 aliphatic heterocycles. The zero-order valence-corrected chi connectivity index (χ0v) is 26.9. The van der Waals surface area contributed by atoms with Gasteiger partial charge < -0.3 is 4.74 Å². The van der Waals surface area contributed by atoms with Gasteiger partial charge in [-0.3, -0.25) is 0 Å². The van der Waals surface area contributed by atoms with Crippen LogP contribution >= 0.6 is 23.2 Å². The molecule has 1 aliphatic rings. The minimum Gasteiger partial charge on any atom is -0.489 e. The van der Waals surface area contributed by atoms with Gasteiger partial charge in [-0.05, 0) is 0 Å². The van der Waals surface area contributed by atoms with Crippen molar-refractivity contribution in [3.05, 3.63) is 84.9 Å².